The van der Waals surface area contributed by atoms with Crippen LogP contribution in [-0.2, 0) is 11.2 Å². The molecule has 0 spiro atoms. The molecule has 7 nitrogen and oxygen atoms in total. The second-order valence-corrected chi connectivity index (χ2v) is 7.00. The molecule has 150 valence electrons. The van der Waals surface area contributed by atoms with Crippen LogP contribution in [0.2, 0.25) is 0 Å². The lowest BCUT2D eigenvalue weighted by Gasteiger charge is -2.16. The number of hydrogen-bond acceptors (Lipinski definition) is 6. The van der Waals surface area contributed by atoms with Gasteiger partial charge in [-0.2, -0.15) is 4.98 Å². The van der Waals surface area contributed by atoms with Gasteiger partial charge >= 0.3 is 0 Å². The summed E-state index contributed by atoms with van der Waals surface area (Å²) in [4.78, 5) is 18.8. The number of carbonyl (C=O) groups excluding carboxylic acids is 1. The summed E-state index contributed by atoms with van der Waals surface area (Å²) in [6.07, 6.45) is 1.13. The number of methoxy groups -OCH3 is 2. The van der Waals surface area contributed by atoms with Gasteiger partial charge < -0.3 is 18.9 Å². The molecule has 1 saturated heterocycles. The summed E-state index contributed by atoms with van der Waals surface area (Å²) >= 11 is 0. The number of likely N-dealkylation sites (tertiary alicyclic amines) is 1. The maximum Gasteiger partial charge on any atom is 0.232 e. The van der Waals surface area contributed by atoms with Gasteiger partial charge in [0.15, 0.2) is 11.5 Å². The maximum absolute atomic E-state index is 12.5. The van der Waals surface area contributed by atoms with Gasteiger partial charge in [0.2, 0.25) is 17.6 Å². The van der Waals surface area contributed by atoms with Crippen molar-refractivity contribution in [2.45, 2.75) is 18.8 Å². The number of carbonyl (C=O) groups is 1. The number of ether oxygens (including phenoxy) is 2. The quantitative estimate of drug-likeness (QED) is 0.613. The van der Waals surface area contributed by atoms with Gasteiger partial charge in [-0.1, -0.05) is 41.6 Å². The number of benzene rings is 2. The third-order valence-corrected chi connectivity index (χ3v) is 5.16. The first-order chi connectivity index (χ1) is 14.2. The highest BCUT2D eigenvalue weighted by Gasteiger charge is 2.34. The van der Waals surface area contributed by atoms with Crippen molar-refractivity contribution >= 4 is 5.91 Å². The molecule has 1 fully saturated rings. The second kappa shape index (κ2) is 8.34. The van der Waals surface area contributed by atoms with E-state index in [1.54, 1.807) is 14.2 Å². The molecule has 2 aromatic carbocycles. The summed E-state index contributed by atoms with van der Waals surface area (Å²) in [5.41, 5.74) is 1.99. The van der Waals surface area contributed by atoms with Gasteiger partial charge in [-0.15, -0.1) is 0 Å². The Labute approximate surface area is 169 Å². The van der Waals surface area contributed by atoms with Crippen LogP contribution in [0.1, 0.15) is 23.8 Å². The minimum absolute atomic E-state index is 0.0714. The van der Waals surface area contributed by atoms with Gasteiger partial charge in [0.25, 0.3) is 0 Å². The van der Waals surface area contributed by atoms with Crippen molar-refractivity contribution in [3.63, 3.8) is 0 Å². The molecule has 2 heterocycles. The summed E-state index contributed by atoms with van der Waals surface area (Å²) in [7, 11) is 3.23. The fraction of sp³-hybridized carbons (Fsp3) is 0.318. The van der Waals surface area contributed by atoms with Crippen molar-refractivity contribution in [3.05, 3.63) is 60.0 Å². The van der Waals surface area contributed by atoms with Crippen LogP contribution >= 0.6 is 0 Å². The number of nitrogens with zero attached hydrogens (tertiary/aromatic N) is 3. The molecule has 1 amide bonds. The average Bonchev–Trinajstić information content (AvgIpc) is 3.39. The molecule has 1 aliphatic rings. The van der Waals surface area contributed by atoms with E-state index in [-0.39, 0.29) is 11.8 Å². The largest absolute Gasteiger partial charge is 0.493 e. The molecule has 1 atom stereocenters. The molecule has 0 bridgehead atoms. The van der Waals surface area contributed by atoms with E-state index in [1.165, 1.54) is 0 Å². The maximum atomic E-state index is 12.5. The zero-order chi connectivity index (χ0) is 20.2. The SMILES string of the molecule is COc1ccc(CCN2CC(c3nc(-c4ccccc4)no3)CC2=O)cc1OC. The standard InChI is InChI=1S/C22H23N3O4/c1-27-18-9-8-15(12-19(18)28-2)10-11-25-14-17(13-20(25)26)22-23-21(24-29-22)16-6-4-3-5-7-16/h3-9,12,17H,10-11,13-14H2,1-2H3. The van der Waals surface area contributed by atoms with E-state index in [0.717, 1.165) is 17.5 Å². The van der Waals surface area contributed by atoms with E-state index in [4.69, 9.17) is 14.0 Å². The fourth-order valence-corrected chi connectivity index (χ4v) is 3.56. The molecule has 29 heavy (non-hydrogen) atoms. The molecule has 1 unspecified atom stereocenters. The Morgan fingerprint density at radius 2 is 1.90 bits per heavy atom. The molecule has 0 aliphatic carbocycles. The Morgan fingerprint density at radius 3 is 2.66 bits per heavy atom. The Bertz CT molecular complexity index is 987. The summed E-state index contributed by atoms with van der Waals surface area (Å²) < 4.78 is 16.1. The highest BCUT2D eigenvalue weighted by atomic mass is 16.5. The normalized spacial score (nSPS) is 16.3. The third-order valence-electron chi connectivity index (χ3n) is 5.16. The van der Waals surface area contributed by atoms with Crippen molar-refractivity contribution in [1.29, 1.82) is 0 Å². The summed E-state index contributed by atoms with van der Waals surface area (Å²) in [5, 5.41) is 4.07. The topological polar surface area (TPSA) is 77.7 Å². The van der Waals surface area contributed by atoms with Crippen LogP contribution in [0.4, 0.5) is 0 Å². The lowest BCUT2D eigenvalue weighted by molar-refractivity contribution is -0.127. The highest BCUT2D eigenvalue weighted by Crippen LogP contribution is 2.30. The van der Waals surface area contributed by atoms with Crippen LogP contribution in [0, 0.1) is 0 Å². The minimum atomic E-state index is -0.0714. The Kier molecular flexibility index (Phi) is 5.46. The van der Waals surface area contributed by atoms with Gasteiger partial charge in [0.05, 0.1) is 20.1 Å². The summed E-state index contributed by atoms with van der Waals surface area (Å²) in [5.74, 6) is 2.49. The molecule has 1 aromatic heterocycles. The first-order valence-corrected chi connectivity index (χ1v) is 9.55. The van der Waals surface area contributed by atoms with Gasteiger partial charge in [0.1, 0.15) is 0 Å². The van der Waals surface area contributed by atoms with Gasteiger partial charge in [-0.05, 0) is 24.1 Å². The van der Waals surface area contributed by atoms with E-state index in [1.807, 2.05) is 53.4 Å². The lowest BCUT2D eigenvalue weighted by Crippen LogP contribution is -2.27. The van der Waals surface area contributed by atoms with Crippen molar-refractivity contribution in [2.75, 3.05) is 27.3 Å². The molecule has 0 N–H and O–H groups in total. The molecular formula is C22H23N3O4. The summed E-state index contributed by atoms with van der Waals surface area (Å²) in [6, 6.07) is 15.5. The van der Waals surface area contributed by atoms with Gasteiger partial charge in [-0.3, -0.25) is 4.79 Å². The Balaban J connectivity index is 1.39. The molecule has 7 heteroatoms. The molecule has 1 aliphatic heterocycles. The first kappa shape index (κ1) is 19.0. The third kappa shape index (κ3) is 4.08. The van der Waals surface area contributed by atoms with Crippen LogP contribution in [-0.4, -0.2) is 48.3 Å². The summed E-state index contributed by atoms with van der Waals surface area (Å²) in [6.45, 7) is 1.22. The van der Waals surface area contributed by atoms with E-state index in [2.05, 4.69) is 10.1 Å². The second-order valence-electron chi connectivity index (χ2n) is 7.00. The number of amides is 1. The predicted octanol–water partition coefficient (Wildman–Crippen LogP) is 3.31. The van der Waals surface area contributed by atoms with Crippen molar-refractivity contribution < 1.29 is 18.8 Å². The Morgan fingerprint density at radius 1 is 1.10 bits per heavy atom. The molecule has 0 saturated carbocycles. The van der Waals surface area contributed by atoms with Crippen molar-refractivity contribution in [2.24, 2.45) is 0 Å². The minimum Gasteiger partial charge on any atom is -0.493 e. The average molecular weight is 393 g/mol. The molecule has 0 radical (unpaired) electrons. The van der Waals surface area contributed by atoms with Crippen LogP contribution in [0.5, 0.6) is 11.5 Å². The number of aromatic nitrogens is 2. The number of rotatable bonds is 7. The number of hydrogen-bond donors (Lipinski definition) is 0. The van der Waals surface area contributed by atoms with Gasteiger partial charge in [0, 0.05) is 25.1 Å². The van der Waals surface area contributed by atoms with E-state index in [9.17, 15) is 4.79 Å². The van der Waals surface area contributed by atoms with E-state index >= 15 is 0 Å². The lowest BCUT2D eigenvalue weighted by atomic mass is 10.1. The van der Waals surface area contributed by atoms with Crippen LogP contribution in [0.25, 0.3) is 11.4 Å². The van der Waals surface area contributed by atoms with Crippen LogP contribution in [0.15, 0.2) is 53.1 Å². The first-order valence-electron chi connectivity index (χ1n) is 9.55. The zero-order valence-electron chi connectivity index (χ0n) is 16.5. The molecule has 4 rings (SSSR count). The van der Waals surface area contributed by atoms with Gasteiger partial charge in [-0.25, -0.2) is 0 Å². The van der Waals surface area contributed by atoms with Crippen molar-refractivity contribution in [3.8, 4) is 22.9 Å². The highest BCUT2D eigenvalue weighted by molar-refractivity contribution is 5.79. The predicted molar refractivity (Wildman–Crippen MR) is 107 cm³/mol. The molecule has 3 aromatic rings. The van der Waals surface area contributed by atoms with Crippen molar-refractivity contribution in [1.82, 2.24) is 15.0 Å². The smallest absolute Gasteiger partial charge is 0.232 e. The molecular weight excluding hydrogens is 370 g/mol. The van der Waals surface area contributed by atoms with Crippen LogP contribution in [0.3, 0.4) is 0 Å². The van der Waals surface area contributed by atoms with Crippen LogP contribution < -0.4 is 9.47 Å². The van der Waals surface area contributed by atoms with E-state index < -0.39 is 0 Å². The zero-order valence-corrected chi connectivity index (χ0v) is 16.5. The fourth-order valence-electron chi connectivity index (χ4n) is 3.56. The monoisotopic (exact) mass is 393 g/mol. The Hall–Kier alpha value is -3.35. The van der Waals surface area contributed by atoms with E-state index in [0.29, 0.717) is 42.7 Å².